The Hall–Kier alpha value is -1.84. The van der Waals surface area contributed by atoms with Crippen molar-refractivity contribution in [1.29, 1.82) is 0 Å². The first-order valence-corrected chi connectivity index (χ1v) is 5.03. The predicted octanol–water partition coefficient (Wildman–Crippen LogP) is 2.50. The molecule has 1 N–H and O–H groups in total. The second-order valence-electron chi connectivity index (χ2n) is 4.41. The van der Waals surface area contributed by atoms with E-state index in [4.69, 9.17) is 9.63 Å². The predicted molar refractivity (Wildman–Crippen MR) is 59.4 cm³/mol. The first kappa shape index (κ1) is 10.7. The first-order chi connectivity index (χ1) is 7.44. The number of para-hydroxylation sites is 1. The van der Waals surface area contributed by atoms with Gasteiger partial charge in [-0.05, 0) is 32.4 Å². The third-order valence-corrected chi connectivity index (χ3v) is 2.82. The zero-order chi connectivity index (χ0) is 11.9. The van der Waals surface area contributed by atoms with Crippen LogP contribution in [0.3, 0.4) is 0 Å². The van der Waals surface area contributed by atoms with E-state index in [0.29, 0.717) is 11.3 Å². The quantitative estimate of drug-likeness (QED) is 0.842. The number of aromatic nitrogens is 1. The maximum Gasteiger partial charge on any atom is 0.315 e. The highest BCUT2D eigenvalue weighted by atomic mass is 16.5. The van der Waals surface area contributed by atoms with E-state index in [0.717, 1.165) is 10.9 Å². The molecule has 4 heteroatoms. The van der Waals surface area contributed by atoms with Gasteiger partial charge in [-0.15, -0.1) is 0 Å². The number of benzene rings is 1. The van der Waals surface area contributed by atoms with Gasteiger partial charge in [-0.25, -0.2) is 0 Å². The van der Waals surface area contributed by atoms with Crippen LogP contribution in [0.5, 0.6) is 0 Å². The van der Waals surface area contributed by atoms with E-state index in [-0.39, 0.29) is 0 Å². The third kappa shape index (κ3) is 1.38. The van der Waals surface area contributed by atoms with Gasteiger partial charge >= 0.3 is 5.97 Å². The molecule has 4 nitrogen and oxygen atoms in total. The molecule has 0 bridgehead atoms. The van der Waals surface area contributed by atoms with Gasteiger partial charge in [0.2, 0.25) is 0 Å². The Morgan fingerprint density at radius 2 is 2.12 bits per heavy atom. The summed E-state index contributed by atoms with van der Waals surface area (Å²) in [6.07, 6.45) is 0. The highest BCUT2D eigenvalue weighted by molar-refractivity contribution is 5.90. The molecule has 84 valence electrons. The molecule has 0 saturated carbocycles. The number of hydrogen-bond donors (Lipinski definition) is 1. The van der Waals surface area contributed by atoms with Gasteiger partial charge in [0.25, 0.3) is 0 Å². The zero-order valence-corrected chi connectivity index (χ0v) is 9.44. The Labute approximate surface area is 92.9 Å². The lowest BCUT2D eigenvalue weighted by molar-refractivity contribution is -0.142. The fourth-order valence-corrected chi connectivity index (χ4v) is 1.65. The van der Waals surface area contributed by atoms with Crippen molar-refractivity contribution in [3.63, 3.8) is 0 Å². The van der Waals surface area contributed by atoms with E-state index in [9.17, 15) is 4.79 Å². The SMILES string of the molecule is Cc1cccc2c(C(C)(C)C(=O)O)noc12. The van der Waals surface area contributed by atoms with Gasteiger partial charge in [-0.2, -0.15) is 0 Å². The van der Waals surface area contributed by atoms with Crippen LogP contribution in [0, 0.1) is 6.92 Å². The lowest BCUT2D eigenvalue weighted by atomic mass is 9.87. The van der Waals surface area contributed by atoms with Gasteiger partial charge in [0.15, 0.2) is 5.58 Å². The van der Waals surface area contributed by atoms with E-state index in [2.05, 4.69) is 5.16 Å². The van der Waals surface area contributed by atoms with Crippen LogP contribution in [0.15, 0.2) is 22.7 Å². The normalized spacial score (nSPS) is 11.9. The Morgan fingerprint density at radius 1 is 1.44 bits per heavy atom. The highest BCUT2D eigenvalue weighted by Gasteiger charge is 2.34. The van der Waals surface area contributed by atoms with Crippen molar-refractivity contribution in [2.24, 2.45) is 0 Å². The number of rotatable bonds is 2. The zero-order valence-electron chi connectivity index (χ0n) is 9.44. The average molecular weight is 219 g/mol. The molecule has 1 heterocycles. The van der Waals surface area contributed by atoms with Gasteiger partial charge in [-0.1, -0.05) is 17.3 Å². The number of carboxylic acid groups (broad SMARTS) is 1. The van der Waals surface area contributed by atoms with Gasteiger partial charge in [-0.3, -0.25) is 4.79 Å². The number of aryl methyl sites for hydroxylation is 1. The van der Waals surface area contributed by atoms with Crippen molar-refractivity contribution < 1.29 is 14.4 Å². The van der Waals surface area contributed by atoms with Crippen molar-refractivity contribution >= 4 is 16.9 Å². The van der Waals surface area contributed by atoms with Crippen LogP contribution < -0.4 is 0 Å². The van der Waals surface area contributed by atoms with E-state index in [1.807, 2.05) is 25.1 Å². The summed E-state index contributed by atoms with van der Waals surface area (Å²) >= 11 is 0. The van der Waals surface area contributed by atoms with Crippen molar-refractivity contribution in [2.45, 2.75) is 26.2 Å². The van der Waals surface area contributed by atoms with Crippen LogP contribution in [0.1, 0.15) is 25.1 Å². The molecule has 16 heavy (non-hydrogen) atoms. The number of nitrogens with zero attached hydrogens (tertiary/aromatic N) is 1. The summed E-state index contributed by atoms with van der Waals surface area (Å²) in [7, 11) is 0. The monoisotopic (exact) mass is 219 g/mol. The van der Waals surface area contributed by atoms with Crippen molar-refractivity contribution in [2.75, 3.05) is 0 Å². The maximum absolute atomic E-state index is 11.2. The molecule has 0 fully saturated rings. The van der Waals surface area contributed by atoms with Crippen LogP contribution in [0.2, 0.25) is 0 Å². The average Bonchev–Trinajstić information content (AvgIpc) is 2.63. The molecule has 0 spiro atoms. The molecular formula is C12H13NO3. The summed E-state index contributed by atoms with van der Waals surface area (Å²) in [4.78, 5) is 11.2. The van der Waals surface area contributed by atoms with E-state index in [1.54, 1.807) is 13.8 Å². The minimum absolute atomic E-state index is 0.471. The standard InChI is InChI=1S/C12H13NO3/c1-7-5-4-6-8-9(7)16-13-10(8)12(2,3)11(14)15/h4-6H,1-3H3,(H,14,15). The number of aliphatic carboxylic acids is 1. The van der Waals surface area contributed by atoms with Crippen molar-refractivity contribution in [1.82, 2.24) is 5.16 Å². The second-order valence-corrected chi connectivity index (χ2v) is 4.41. The van der Waals surface area contributed by atoms with Gasteiger partial charge < -0.3 is 9.63 Å². The molecule has 0 radical (unpaired) electrons. The maximum atomic E-state index is 11.2. The Kier molecular flexibility index (Phi) is 2.22. The summed E-state index contributed by atoms with van der Waals surface area (Å²) in [5.41, 5.74) is 1.04. The Morgan fingerprint density at radius 3 is 2.75 bits per heavy atom. The third-order valence-electron chi connectivity index (χ3n) is 2.82. The smallest absolute Gasteiger partial charge is 0.315 e. The molecule has 0 aliphatic heterocycles. The van der Waals surface area contributed by atoms with Crippen molar-refractivity contribution in [3.05, 3.63) is 29.5 Å². The summed E-state index contributed by atoms with van der Waals surface area (Å²) in [6.45, 7) is 5.15. The van der Waals surface area contributed by atoms with Crippen LogP contribution >= 0.6 is 0 Å². The molecular weight excluding hydrogens is 206 g/mol. The first-order valence-electron chi connectivity index (χ1n) is 5.03. The van der Waals surface area contributed by atoms with Crippen LogP contribution in [-0.2, 0) is 10.2 Å². The summed E-state index contributed by atoms with van der Waals surface area (Å²) in [6, 6.07) is 5.61. The minimum atomic E-state index is -1.04. The second kappa shape index (κ2) is 3.33. The molecule has 2 aromatic rings. The highest BCUT2D eigenvalue weighted by Crippen LogP contribution is 2.31. The van der Waals surface area contributed by atoms with Gasteiger partial charge in [0, 0.05) is 5.39 Å². The van der Waals surface area contributed by atoms with Gasteiger partial charge in [0.05, 0.1) is 0 Å². The molecule has 0 unspecified atom stereocenters. The molecule has 0 aliphatic carbocycles. The molecule has 0 atom stereocenters. The van der Waals surface area contributed by atoms with Crippen molar-refractivity contribution in [3.8, 4) is 0 Å². The topological polar surface area (TPSA) is 63.3 Å². The van der Waals surface area contributed by atoms with E-state index in [1.165, 1.54) is 0 Å². The number of fused-ring (bicyclic) bond motifs is 1. The minimum Gasteiger partial charge on any atom is -0.481 e. The molecule has 1 aromatic carbocycles. The molecule has 2 rings (SSSR count). The van der Waals surface area contributed by atoms with Crippen LogP contribution in [0.25, 0.3) is 11.0 Å². The van der Waals surface area contributed by atoms with E-state index >= 15 is 0 Å². The van der Waals surface area contributed by atoms with E-state index < -0.39 is 11.4 Å². The fraction of sp³-hybridized carbons (Fsp3) is 0.333. The summed E-state index contributed by atoms with van der Waals surface area (Å²) in [5, 5.41) is 13.8. The summed E-state index contributed by atoms with van der Waals surface area (Å²) < 4.78 is 5.20. The van der Waals surface area contributed by atoms with Gasteiger partial charge in [0.1, 0.15) is 11.1 Å². The number of carboxylic acids is 1. The summed E-state index contributed by atoms with van der Waals surface area (Å²) in [5.74, 6) is -0.913. The van der Waals surface area contributed by atoms with Crippen LogP contribution in [-0.4, -0.2) is 16.2 Å². The Bertz CT molecular complexity index is 554. The molecule has 0 saturated heterocycles. The number of carbonyl (C=O) groups is 1. The molecule has 0 amide bonds. The largest absolute Gasteiger partial charge is 0.481 e. The Balaban J connectivity index is 2.72. The van der Waals surface area contributed by atoms with Crippen LogP contribution in [0.4, 0.5) is 0 Å². The lowest BCUT2D eigenvalue weighted by Gasteiger charge is -2.15. The molecule has 0 aliphatic rings. The lowest BCUT2D eigenvalue weighted by Crippen LogP contribution is -2.29. The number of hydrogen-bond acceptors (Lipinski definition) is 3. The molecule has 1 aromatic heterocycles. The fourth-order valence-electron chi connectivity index (χ4n) is 1.65.